The van der Waals surface area contributed by atoms with Gasteiger partial charge in [0.15, 0.2) is 0 Å². The molecular formula is C17H19NO. The van der Waals surface area contributed by atoms with Crippen molar-refractivity contribution in [1.29, 1.82) is 0 Å². The van der Waals surface area contributed by atoms with Crippen molar-refractivity contribution >= 4 is 0 Å². The molecule has 2 aromatic rings. The fourth-order valence-corrected chi connectivity index (χ4v) is 2.53. The minimum Gasteiger partial charge on any atom is -0.490 e. The maximum Gasteiger partial charge on any atom is 0.123 e. The van der Waals surface area contributed by atoms with Crippen molar-refractivity contribution in [2.75, 3.05) is 0 Å². The van der Waals surface area contributed by atoms with Gasteiger partial charge in [-0.2, -0.15) is 0 Å². The van der Waals surface area contributed by atoms with Crippen molar-refractivity contribution in [3.05, 3.63) is 65.2 Å². The number of ether oxygens (including phenoxy) is 1. The third-order valence-electron chi connectivity index (χ3n) is 3.46. The van der Waals surface area contributed by atoms with Crippen molar-refractivity contribution in [3.8, 4) is 5.75 Å². The summed E-state index contributed by atoms with van der Waals surface area (Å²) in [5.74, 6) is 1.05. The van der Waals surface area contributed by atoms with Gasteiger partial charge >= 0.3 is 0 Å². The van der Waals surface area contributed by atoms with Crippen molar-refractivity contribution in [3.63, 3.8) is 0 Å². The predicted molar refractivity (Wildman–Crippen MR) is 77.2 cm³/mol. The van der Waals surface area contributed by atoms with E-state index in [-0.39, 0.29) is 0 Å². The Morgan fingerprint density at radius 3 is 2.68 bits per heavy atom. The lowest BCUT2D eigenvalue weighted by atomic mass is 10.1. The molecule has 98 valence electrons. The van der Waals surface area contributed by atoms with Gasteiger partial charge in [-0.1, -0.05) is 42.5 Å². The molecule has 1 unspecified atom stereocenters. The van der Waals surface area contributed by atoms with E-state index in [0.717, 1.165) is 25.3 Å². The molecule has 2 nitrogen and oxygen atoms in total. The molecule has 0 saturated carbocycles. The molecule has 1 aliphatic heterocycles. The molecule has 0 amide bonds. The molecule has 0 aliphatic carbocycles. The monoisotopic (exact) mass is 253 g/mol. The second-order valence-corrected chi connectivity index (χ2v) is 5.16. The van der Waals surface area contributed by atoms with Crippen LogP contribution in [0.15, 0.2) is 48.5 Å². The standard InChI is InChI=1S/C17H19NO/c1-13-9-16-10-15(7-8-17(16)19-13)12-18-11-14-5-3-2-4-6-14/h2-8,10,13,18H,9,11-12H2,1H3. The topological polar surface area (TPSA) is 21.3 Å². The molecule has 0 spiro atoms. The van der Waals surface area contributed by atoms with Gasteiger partial charge in [0.1, 0.15) is 11.9 Å². The minimum atomic E-state index is 0.322. The average molecular weight is 253 g/mol. The molecule has 2 heteroatoms. The number of rotatable bonds is 4. The fourth-order valence-electron chi connectivity index (χ4n) is 2.53. The summed E-state index contributed by atoms with van der Waals surface area (Å²) in [5.41, 5.74) is 3.99. The van der Waals surface area contributed by atoms with Crippen LogP contribution in [-0.4, -0.2) is 6.10 Å². The predicted octanol–water partition coefficient (Wildman–Crippen LogP) is 3.30. The minimum absolute atomic E-state index is 0.322. The highest BCUT2D eigenvalue weighted by Crippen LogP contribution is 2.29. The van der Waals surface area contributed by atoms with E-state index in [4.69, 9.17) is 4.74 Å². The van der Waals surface area contributed by atoms with Crippen molar-refractivity contribution in [2.45, 2.75) is 32.5 Å². The Labute approximate surface area is 114 Å². The smallest absolute Gasteiger partial charge is 0.123 e. The van der Waals surface area contributed by atoms with Crippen molar-refractivity contribution in [1.82, 2.24) is 5.32 Å². The van der Waals surface area contributed by atoms with Gasteiger partial charge < -0.3 is 10.1 Å². The van der Waals surface area contributed by atoms with E-state index in [1.807, 2.05) is 6.07 Å². The van der Waals surface area contributed by atoms with Gasteiger partial charge in [-0.3, -0.25) is 0 Å². The van der Waals surface area contributed by atoms with Crippen LogP contribution >= 0.6 is 0 Å². The molecule has 2 aromatic carbocycles. The first kappa shape index (κ1) is 12.2. The summed E-state index contributed by atoms with van der Waals surface area (Å²) in [6, 6.07) is 17.0. The van der Waals surface area contributed by atoms with Gasteiger partial charge in [-0.05, 0) is 29.7 Å². The lowest BCUT2D eigenvalue weighted by molar-refractivity contribution is 0.254. The van der Waals surface area contributed by atoms with Gasteiger partial charge in [-0.15, -0.1) is 0 Å². The van der Waals surface area contributed by atoms with E-state index < -0.39 is 0 Å². The SMILES string of the molecule is CC1Cc2cc(CNCc3ccccc3)ccc2O1. The van der Waals surface area contributed by atoms with Crippen LogP contribution in [0.1, 0.15) is 23.6 Å². The zero-order valence-electron chi connectivity index (χ0n) is 11.2. The Morgan fingerprint density at radius 2 is 1.84 bits per heavy atom. The number of hydrogen-bond donors (Lipinski definition) is 1. The van der Waals surface area contributed by atoms with Gasteiger partial charge in [0, 0.05) is 19.5 Å². The molecule has 0 fully saturated rings. The number of benzene rings is 2. The lowest BCUT2D eigenvalue weighted by Crippen LogP contribution is -2.12. The summed E-state index contributed by atoms with van der Waals surface area (Å²) in [6.45, 7) is 3.93. The van der Waals surface area contributed by atoms with E-state index in [1.54, 1.807) is 0 Å². The molecule has 0 bridgehead atoms. The molecule has 0 aromatic heterocycles. The van der Waals surface area contributed by atoms with Crippen LogP contribution < -0.4 is 10.1 Å². The van der Waals surface area contributed by atoms with Crippen LogP contribution in [0, 0.1) is 0 Å². The normalized spacial score (nSPS) is 17.0. The zero-order valence-corrected chi connectivity index (χ0v) is 11.2. The molecule has 1 N–H and O–H groups in total. The Morgan fingerprint density at radius 1 is 1.05 bits per heavy atom. The molecule has 0 saturated heterocycles. The molecule has 3 rings (SSSR count). The molecule has 19 heavy (non-hydrogen) atoms. The summed E-state index contributed by atoms with van der Waals surface area (Å²) in [4.78, 5) is 0. The van der Waals surface area contributed by atoms with Gasteiger partial charge in [0.25, 0.3) is 0 Å². The first-order valence-corrected chi connectivity index (χ1v) is 6.84. The van der Waals surface area contributed by atoms with E-state index >= 15 is 0 Å². The van der Waals surface area contributed by atoms with Crippen LogP contribution in [0.2, 0.25) is 0 Å². The Kier molecular flexibility index (Phi) is 3.51. The van der Waals surface area contributed by atoms with Gasteiger partial charge in [-0.25, -0.2) is 0 Å². The molecule has 1 atom stereocenters. The number of hydrogen-bond acceptors (Lipinski definition) is 2. The van der Waals surface area contributed by atoms with Crippen molar-refractivity contribution in [2.24, 2.45) is 0 Å². The first-order chi connectivity index (χ1) is 9.31. The highest BCUT2D eigenvalue weighted by Gasteiger charge is 2.18. The van der Waals surface area contributed by atoms with Crippen LogP contribution in [0.4, 0.5) is 0 Å². The Bertz CT molecular complexity index is 550. The Balaban J connectivity index is 1.58. The molecular weight excluding hydrogens is 234 g/mol. The Hall–Kier alpha value is -1.80. The van der Waals surface area contributed by atoms with E-state index in [0.29, 0.717) is 6.10 Å². The molecule has 1 aliphatic rings. The maximum atomic E-state index is 5.72. The van der Waals surface area contributed by atoms with Crippen LogP contribution in [-0.2, 0) is 19.5 Å². The van der Waals surface area contributed by atoms with E-state index in [1.165, 1.54) is 16.7 Å². The van der Waals surface area contributed by atoms with Crippen molar-refractivity contribution < 1.29 is 4.74 Å². The first-order valence-electron chi connectivity index (χ1n) is 6.84. The highest BCUT2D eigenvalue weighted by molar-refractivity contribution is 5.40. The highest BCUT2D eigenvalue weighted by atomic mass is 16.5. The van der Waals surface area contributed by atoms with E-state index in [9.17, 15) is 0 Å². The third kappa shape index (κ3) is 2.96. The van der Waals surface area contributed by atoms with Crippen LogP contribution in [0.25, 0.3) is 0 Å². The second kappa shape index (κ2) is 5.45. The average Bonchev–Trinajstić information content (AvgIpc) is 2.79. The molecule has 0 radical (unpaired) electrons. The summed E-state index contributed by atoms with van der Waals surface area (Å²) in [6.07, 6.45) is 1.35. The maximum absolute atomic E-state index is 5.72. The van der Waals surface area contributed by atoms with Crippen LogP contribution in [0.5, 0.6) is 5.75 Å². The number of nitrogens with one attached hydrogen (secondary N) is 1. The third-order valence-corrected chi connectivity index (χ3v) is 3.46. The second-order valence-electron chi connectivity index (χ2n) is 5.16. The summed E-state index contributed by atoms with van der Waals surface area (Å²) >= 11 is 0. The lowest BCUT2D eigenvalue weighted by Gasteiger charge is -2.07. The van der Waals surface area contributed by atoms with E-state index in [2.05, 4.69) is 54.7 Å². The zero-order chi connectivity index (χ0) is 13.1. The fraction of sp³-hybridized carbons (Fsp3) is 0.294. The van der Waals surface area contributed by atoms with Gasteiger partial charge in [0.2, 0.25) is 0 Å². The quantitative estimate of drug-likeness (QED) is 0.902. The largest absolute Gasteiger partial charge is 0.490 e. The number of fused-ring (bicyclic) bond motifs is 1. The molecule has 1 heterocycles. The van der Waals surface area contributed by atoms with Crippen LogP contribution in [0.3, 0.4) is 0 Å². The summed E-state index contributed by atoms with van der Waals surface area (Å²) in [7, 11) is 0. The van der Waals surface area contributed by atoms with Gasteiger partial charge in [0.05, 0.1) is 0 Å². The summed E-state index contributed by atoms with van der Waals surface area (Å²) < 4.78 is 5.72. The summed E-state index contributed by atoms with van der Waals surface area (Å²) in [5, 5.41) is 3.48.